The standard InChI is InChI=1S/C9H17ClN2O3S/c1-8(13)12-5-2-9(3-6-12)11-16(14,15)7-4-10/h9,11H,2-7H2,1H3. The van der Waals surface area contributed by atoms with E-state index >= 15 is 0 Å². The lowest BCUT2D eigenvalue weighted by Gasteiger charge is -2.31. The minimum absolute atomic E-state index is 0.0436. The average molecular weight is 269 g/mol. The fraction of sp³-hybridized carbons (Fsp3) is 0.889. The number of hydrogen-bond donors (Lipinski definition) is 1. The summed E-state index contributed by atoms with van der Waals surface area (Å²) in [7, 11) is -3.25. The number of carbonyl (C=O) groups excluding carboxylic acids is 1. The van der Waals surface area contributed by atoms with E-state index in [0.29, 0.717) is 25.9 Å². The van der Waals surface area contributed by atoms with Gasteiger partial charge in [0, 0.05) is 31.9 Å². The summed E-state index contributed by atoms with van der Waals surface area (Å²) in [5.74, 6) is 0.0883. The fourth-order valence-corrected chi connectivity index (χ4v) is 3.40. The quantitative estimate of drug-likeness (QED) is 0.739. The van der Waals surface area contributed by atoms with Gasteiger partial charge in [0.1, 0.15) is 0 Å². The Kier molecular flexibility index (Phi) is 5.01. The molecule has 1 heterocycles. The van der Waals surface area contributed by atoms with Crippen LogP contribution in [-0.4, -0.2) is 50.0 Å². The van der Waals surface area contributed by atoms with Crippen molar-refractivity contribution < 1.29 is 13.2 Å². The van der Waals surface area contributed by atoms with Crippen LogP contribution in [0.5, 0.6) is 0 Å². The van der Waals surface area contributed by atoms with E-state index in [0.717, 1.165) is 0 Å². The van der Waals surface area contributed by atoms with E-state index in [4.69, 9.17) is 11.6 Å². The van der Waals surface area contributed by atoms with Gasteiger partial charge >= 0.3 is 0 Å². The zero-order valence-electron chi connectivity index (χ0n) is 9.28. The van der Waals surface area contributed by atoms with Gasteiger partial charge in [-0.1, -0.05) is 0 Å². The van der Waals surface area contributed by atoms with Gasteiger partial charge in [-0.25, -0.2) is 13.1 Å². The maximum absolute atomic E-state index is 11.4. The molecule has 94 valence electrons. The second-order valence-electron chi connectivity index (χ2n) is 3.91. The molecule has 0 bridgehead atoms. The SMILES string of the molecule is CC(=O)N1CCC(NS(=O)(=O)CCCl)CC1. The highest BCUT2D eigenvalue weighted by Crippen LogP contribution is 2.11. The molecule has 0 saturated carbocycles. The summed E-state index contributed by atoms with van der Waals surface area (Å²) in [6.07, 6.45) is 1.34. The molecular formula is C9H17ClN2O3S. The van der Waals surface area contributed by atoms with Gasteiger partial charge in [0.25, 0.3) is 0 Å². The lowest BCUT2D eigenvalue weighted by molar-refractivity contribution is -0.129. The second-order valence-corrected chi connectivity index (χ2v) is 6.16. The van der Waals surface area contributed by atoms with Crippen molar-refractivity contribution in [3.8, 4) is 0 Å². The number of nitrogens with zero attached hydrogens (tertiary/aromatic N) is 1. The van der Waals surface area contributed by atoms with Crippen molar-refractivity contribution in [2.45, 2.75) is 25.8 Å². The number of carbonyl (C=O) groups is 1. The first kappa shape index (κ1) is 13.7. The zero-order chi connectivity index (χ0) is 12.2. The van der Waals surface area contributed by atoms with E-state index in [-0.39, 0.29) is 23.6 Å². The van der Waals surface area contributed by atoms with Gasteiger partial charge in [0.15, 0.2) is 0 Å². The first-order valence-electron chi connectivity index (χ1n) is 5.26. The Balaban J connectivity index is 2.40. The predicted molar refractivity (Wildman–Crippen MR) is 62.9 cm³/mol. The Morgan fingerprint density at radius 3 is 2.44 bits per heavy atom. The van der Waals surface area contributed by atoms with Gasteiger partial charge in [0.05, 0.1) is 5.75 Å². The van der Waals surface area contributed by atoms with Crippen LogP contribution in [0.4, 0.5) is 0 Å². The molecule has 0 unspecified atom stereocenters. The van der Waals surface area contributed by atoms with Crippen LogP contribution >= 0.6 is 11.6 Å². The first-order chi connectivity index (χ1) is 7.44. The summed E-state index contributed by atoms with van der Waals surface area (Å²) >= 11 is 5.40. The molecule has 0 aromatic rings. The summed E-state index contributed by atoms with van der Waals surface area (Å²) in [5.41, 5.74) is 0. The van der Waals surface area contributed by atoms with Crippen LogP contribution in [0.25, 0.3) is 0 Å². The van der Waals surface area contributed by atoms with Crippen molar-refractivity contribution in [1.29, 1.82) is 0 Å². The number of rotatable bonds is 4. The lowest BCUT2D eigenvalue weighted by Crippen LogP contribution is -2.46. The maximum atomic E-state index is 11.4. The highest BCUT2D eigenvalue weighted by Gasteiger charge is 2.23. The van der Waals surface area contributed by atoms with Gasteiger partial charge in [-0.3, -0.25) is 4.79 Å². The van der Waals surface area contributed by atoms with Crippen LogP contribution in [0.15, 0.2) is 0 Å². The second kappa shape index (κ2) is 5.84. The number of alkyl halides is 1. The molecule has 0 atom stereocenters. The first-order valence-corrected chi connectivity index (χ1v) is 7.45. The lowest BCUT2D eigenvalue weighted by atomic mass is 10.1. The van der Waals surface area contributed by atoms with Crippen LogP contribution in [-0.2, 0) is 14.8 Å². The molecule has 1 aliphatic heterocycles. The van der Waals surface area contributed by atoms with Crippen molar-refractivity contribution in [2.75, 3.05) is 24.7 Å². The molecule has 1 N–H and O–H groups in total. The number of likely N-dealkylation sites (tertiary alicyclic amines) is 1. The fourth-order valence-electron chi connectivity index (χ4n) is 1.73. The summed E-state index contributed by atoms with van der Waals surface area (Å²) < 4.78 is 25.5. The largest absolute Gasteiger partial charge is 0.343 e. The molecule has 0 aromatic carbocycles. The zero-order valence-corrected chi connectivity index (χ0v) is 10.9. The minimum atomic E-state index is -3.25. The number of amides is 1. The van der Waals surface area contributed by atoms with Gasteiger partial charge in [0.2, 0.25) is 15.9 Å². The van der Waals surface area contributed by atoms with E-state index in [1.54, 1.807) is 4.90 Å². The number of halogens is 1. The maximum Gasteiger partial charge on any atom is 0.219 e. The molecule has 1 rings (SSSR count). The highest BCUT2D eigenvalue weighted by molar-refractivity contribution is 7.89. The van der Waals surface area contributed by atoms with Crippen molar-refractivity contribution in [3.05, 3.63) is 0 Å². The number of piperidine rings is 1. The van der Waals surface area contributed by atoms with Crippen LogP contribution in [0, 0.1) is 0 Å². The summed E-state index contributed by atoms with van der Waals surface area (Å²) in [4.78, 5) is 12.8. The van der Waals surface area contributed by atoms with E-state index in [2.05, 4.69) is 4.72 Å². The van der Waals surface area contributed by atoms with Crippen LogP contribution in [0.1, 0.15) is 19.8 Å². The van der Waals surface area contributed by atoms with Gasteiger partial charge in [-0.2, -0.15) is 0 Å². The molecule has 16 heavy (non-hydrogen) atoms. The van der Waals surface area contributed by atoms with E-state index in [9.17, 15) is 13.2 Å². The molecule has 5 nitrogen and oxygen atoms in total. The summed E-state index contributed by atoms with van der Waals surface area (Å²) in [6, 6.07) is -0.0659. The molecule has 0 spiro atoms. The number of nitrogens with one attached hydrogen (secondary N) is 1. The van der Waals surface area contributed by atoms with Gasteiger partial charge in [-0.15, -0.1) is 11.6 Å². The molecule has 7 heteroatoms. The Hall–Kier alpha value is -0.330. The Labute approximate surface area is 101 Å². The molecule has 0 radical (unpaired) electrons. The van der Waals surface area contributed by atoms with Crippen LogP contribution < -0.4 is 4.72 Å². The average Bonchev–Trinajstić information content (AvgIpc) is 2.17. The van der Waals surface area contributed by atoms with E-state index < -0.39 is 10.0 Å². The highest BCUT2D eigenvalue weighted by atomic mass is 35.5. The normalized spacial score (nSPS) is 18.8. The minimum Gasteiger partial charge on any atom is -0.343 e. The Bertz CT molecular complexity index is 337. The smallest absolute Gasteiger partial charge is 0.219 e. The van der Waals surface area contributed by atoms with Gasteiger partial charge < -0.3 is 4.90 Å². The number of sulfonamides is 1. The van der Waals surface area contributed by atoms with Crippen LogP contribution in [0.3, 0.4) is 0 Å². The number of hydrogen-bond acceptors (Lipinski definition) is 3. The monoisotopic (exact) mass is 268 g/mol. The molecule has 0 aliphatic carbocycles. The summed E-state index contributed by atoms with van der Waals surface area (Å²) in [6.45, 7) is 2.75. The predicted octanol–water partition coefficient (Wildman–Crippen LogP) is 0.156. The third-order valence-corrected chi connectivity index (χ3v) is 4.48. The molecule has 1 saturated heterocycles. The van der Waals surface area contributed by atoms with E-state index in [1.807, 2.05) is 0 Å². The van der Waals surface area contributed by atoms with E-state index in [1.165, 1.54) is 6.92 Å². The van der Waals surface area contributed by atoms with Gasteiger partial charge in [-0.05, 0) is 12.8 Å². The molecular weight excluding hydrogens is 252 g/mol. The Morgan fingerprint density at radius 2 is 2.00 bits per heavy atom. The third-order valence-electron chi connectivity index (χ3n) is 2.63. The van der Waals surface area contributed by atoms with Crippen molar-refractivity contribution >= 4 is 27.5 Å². The van der Waals surface area contributed by atoms with Crippen LogP contribution in [0.2, 0.25) is 0 Å². The van der Waals surface area contributed by atoms with Crippen molar-refractivity contribution in [1.82, 2.24) is 9.62 Å². The molecule has 0 aromatic heterocycles. The van der Waals surface area contributed by atoms with Crippen molar-refractivity contribution in [3.63, 3.8) is 0 Å². The summed E-state index contributed by atoms with van der Waals surface area (Å²) in [5, 5.41) is 0. The molecule has 1 aliphatic rings. The van der Waals surface area contributed by atoms with Crippen molar-refractivity contribution in [2.24, 2.45) is 0 Å². The Morgan fingerprint density at radius 1 is 1.44 bits per heavy atom. The molecule has 1 fully saturated rings. The third kappa shape index (κ3) is 4.27. The molecule has 1 amide bonds. The topological polar surface area (TPSA) is 66.5 Å².